The van der Waals surface area contributed by atoms with Crippen molar-refractivity contribution >= 4 is 17.7 Å². The van der Waals surface area contributed by atoms with Crippen LogP contribution >= 0.6 is 0 Å². The van der Waals surface area contributed by atoms with E-state index in [1.54, 1.807) is 24.1 Å². The molecule has 0 saturated carbocycles. The van der Waals surface area contributed by atoms with Gasteiger partial charge in [0.15, 0.2) is 0 Å². The van der Waals surface area contributed by atoms with E-state index >= 15 is 0 Å². The van der Waals surface area contributed by atoms with Gasteiger partial charge < -0.3 is 19.7 Å². The van der Waals surface area contributed by atoms with Crippen molar-refractivity contribution in [1.82, 2.24) is 4.90 Å². The first-order chi connectivity index (χ1) is 11.3. The molecule has 1 atom stereocenters. The Hall–Kier alpha value is -2.24. The maximum Gasteiger partial charge on any atom is 0.410 e. The predicted molar refractivity (Wildman–Crippen MR) is 92.2 cm³/mol. The van der Waals surface area contributed by atoms with E-state index in [1.807, 2.05) is 32.9 Å². The first-order valence-electron chi connectivity index (χ1n) is 8.19. The molecule has 0 radical (unpaired) electrons. The number of hydrogen-bond donors (Lipinski definition) is 1. The van der Waals surface area contributed by atoms with Crippen LogP contribution in [-0.4, -0.2) is 42.7 Å². The number of methoxy groups -OCH3 is 1. The van der Waals surface area contributed by atoms with Gasteiger partial charge in [-0.15, -0.1) is 0 Å². The summed E-state index contributed by atoms with van der Waals surface area (Å²) in [7, 11) is 1.57. The van der Waals surface area contributed by atoms with Gasteiger partial charge in [0, 0.05) is 19.5 Å². The lowest BCUT2D eigenvalue weighted by atomic mass is 10.0. The van der Waals surface area contributed by atoms with Gasteiger partial charge in [0.05, 0.1) is 12.8 Å². The van der Waals surface area contributed by atoms with Gasteiger partial charge in [0.2, 0.25) is 5.91 Å². The second kappa shape index (κ2) is 7.55. The van der Waals surface area contributed by atoms with Crippen molar-refractivity contribution in [3.63, 3.8) is 0 Å². The molecule has 0 aromatic heterocycles. The van der Waals surface area contributed by atoms with Crippen molar-refractivity contribution in [1.29, 1.82) is 0 Å². The zero-order valence-corrected chi connectivity index (χ0v) is 14.8. The molecule has 1 aromatic carbocycles. The van der Waals surface area contributed by atoms with Crippen LogP contribution in [0.5, 0.6) is 5.75 Å². The topological polar surface area (TPSA) is 67.9 Å². The van der Waals surface area contributed by atoms with Gasteiger partial charge in [0.1, 0.15) is 11.4 Å². The maximum atomic E-state index is 12.2. The van der Waals surface area contributed by atoms with Crippen LogP contribution in [0.25, 0.3) is 0 Å². The van der Waals surface area contributed by atoms with Crippen molar-refractivity contribution in [2.24, 2.45) is 5.92 Å². The SMILES string of the molecule is COc1ccccc1NC(=O)CC1CCN(C(=O)OC(C)(C)C)C1. The minimum Gasteiger partial charge on any atom is -0.495 e. The molecule has 2 rings (SSSR count). The van der Waals surface area contributed by atoms with Crippen molar-refractivity contribution in [3.05, 3.63) is 24.3 Å². The summed E-state index contributed by atoms with van der Waals surface area (Å²) in [5.41, 5.74) is 0.156. The number of carbonyl (C=O) groups excluding carboxylic acids is 2. The Labute approximate surface area is 143 Å². The smallest absolute Gasteiger partial charge is 0.410 e. The summed E-state index contributed by atoms with van der Waals surface area (Å²) < 4.78 is 10.6. The van der Waals surface area contributed by atoms with Gasteiger partial charge in [-0.25, -0.2) is 4.79 Å². The maximum absolute atomic E-state index is 12.2. The van der Waals surface area contributed by atoms with Crippen LogP contribution in [0.15, 0.2) is 24.3 Å². The van der Waals surface area contributed by atoms with E-state index in [9.17, 15) is 9.59 Å². The fraction of sp³-hybridized carbons (Fsp3) is 0.556. The number of amides is 2. The van der Waals surface area contributed by atoms with Gasteiger partial charge >= 0.3 is 6.09 Å². The van der Waals surface area contributed by atoms with Gasteiger partial charge in [-0.1, -0.05) is 12.1 Å². The van der Waals surface area contributed by atoms with Crippen molar-refractivity contribution in [2.45, 2.75) is 39.2 Å². The number of ether oxygens (including phenoxy) is 2. The van der Waals surface area contributed by atoms with Crippen LogP contribution in [-0.2, 0) is 9.53 Å². The Balaban J connectivity index is 1.84. The lowest BCUT2D eigenvalue weighted by molar-refractivity contribution is -0.117. The summed E-state index contributed by atoms with van der Waals surface area (Å²) in [5.74, 6) is 0.704. The van der Waals surface area contributed by atoms with Gasteiger partial charge in [-0.05, 0) is 45.2 Å². The monoisotopic (exact) mass is 334 g/mol. The Bertz CT molecular complexity index is 595. The fourth-order valence-electron chi connectivity index (χ4n) is 2.70. The van der Waals surface area contributed by atoms with E-state index in [4.69, 9.17) is 9.47 Å². The highest BCUT2D eigenvalue weighted by molar-refractivity contribution is 5.92. The van der Waals surface area contributed by atoms with E-state index in [0.29, 0.717) is 30.9 Å². The van der Waals surface area contributed by atoms with Crippen LogP contribution in [0.4, 0.5) is 10.5 Å². The average Bonchev–Trinajstić information content (AvgIpc) is 2.94. The van der Waals surface area contributed by atoms with Crippen molar-refractivity contribution in [3.8, 4) is 5.75 Å². The minimum absolute atomic E-state index is 0.0736. The fourth-order valence-corrected chi connectivity index (χ4v) is 2.70. The first kappa shape index (κ1) is 18.1. The van der Waals surface area contributed by atoms with E-state index in [1.165, 1.54) is 0 Å². The molecule has 1 fully saturated rings. The number of nitrogens with one attached hydrogen (secondary N) is 1. The normalized spacial score (nSPS) is 17.5. The largest absolute Gasteiger partial charge is 0.495 e. The second-order valence-corrected chi connectivity index (χ2v) is 7.03. The van der Waals surface area contributed by atoms with Gasteiger partial charge in [-0.3, -0.25) is 4.79 Å². The molecule has 2 amide bonds. The number of rotatable bonds is 4. The van der Waals surface area contributed by atoms with Crippen LogP contribution < -0.4 is 10.1 Å². The van der Waals surface area contributed by atoms with E-state index < -0.39 is 5.60 Å². The van der Waals surface area contributed by atoms with Gasteiger partial charge in [-0.2, -0.15) is 0 Å². The molecule has 1 aliphatic rings. The molecule has 0 aliphatic carbocycles. The van der Waals surface area contributed by atoms with Crippen molar-refractivity contribution < 1.29 is 19.1 Å². The quantitative estimate of drug-likeness (QED) is 0.917. The summed E-state index contributed by atoms with van der Waals surface area (Å²) in [6.45, 7) is 6.72. The number of carbonyl (C=O) groups is 2. The van der Waals surface area contributed by atoms with Crippen LogP contribution in [0, 0.1) is 5.92 Å². The van der Waals surface area contributed by atoms with Crippen LogP contribution in [0.2, 0.25) is 0 Å². The van der Waals surface area contributed by atoms with Gasteiger partial charge in [0.25, 0.3) is 0 Å². The number of anilines is 1. The molecule has 1 aromatic rings. The Morgan fingerprint density at radius 2 is 2.00 bits per heavy atom. The molecule has 0 bridgehead atoms. The molecular formula is C18H26N2O4. The molecule has 1 N–H and O–H groups in total. The molecule has 1 unspecified atom stereocenters. The molecule has 1 heterocycles. The highest BCUT2D eigenvalue weighted by Gasteiger charge is 2.30. The summed E-state index contributed by atoms with van der Waals surface area (Å²) in [5, 5.41) is 2.87. The summed E-state index contributed by atoms with van der Waals surface area (Å²) in [6, 6.07) is 7.30. The number of para-hydroxylation sites is 2. The summed E-state index contributed by atoms with van der Waals surface area (Å²) >= 11 is 0. The molecule has 6 nitrogen and oxygen atoms in total. The zero-order chi connectivity index (χ0) is 17.7. The minimum atomic E-state index is -0.504. The number of hydrogen-bond acceptors (Lipinski definition) is 4. The third kappa shape index (κ3) is 5.15. The Morgan fingerprint density at radius 1 is 1.29 bits per heavy atom. The average molecular weight is 334 g/mol. The standard InChI is InChI=1S/C18H26N2O4/c1-18(2,3)24-17(22)20-10-9-13(12-20)11-16(21)19-14-7-5-6-8-15(14)23-4/h5-8,13H,9-12H2,1-4H3,(H,19,21). The molecular weight excluding hydrogens is 308 g/mol. The third-order valence-electron chi connectivity index (χ3n) is 3.79. The molecule has 0 spiro atoms. The molecule has 132 valence electrons. The van der Waals surface area contributed by atoms with E-state index in [2.05, 4.69) is 5.32 Å². The molecule has 6 heteroatoms. The number of benzene rings is 1. The molecule has 1 aliphatic heterocycles. The second-order valence-electron chi connectivity index (χ2n) is 7.03. The summed E-state index contributed by atoms with van der Waals surface area (Å²) in [4.78, 5) is 26.0. The Kier molecular flexibility index (Phi) is 5.70. The lowest BCUT2D eigenvalue weighted by Gasteiger charge is -2.24. The molecule has 1 saturated heterocycles. The highest BCUT2D eigenvalue weighted by Crippen LogP contribution is 2.25. The van der Waals surface area contributed by atoms with E-state index in [0.717, 1.165) is 6.42 Å². The first-order valence-corrected chi connectivity index (χ1v) is 8.19. The number of nitrogens with zero attached hydrogens (tertiary/aromatic N) is 1. The highest BCUT2D eigenvalue weighted by atomic mass is 16.6. The Morgan fingerprint density at radius 3 is 2.67 bits per heavy atom. The van der Waals surface area contributed by atoms with Crippen LogP contribution in [0.1, 0.15) is 33.6 Å². The molecule has 24 heavy (non-hydrogen) atoms. The van der Waals surface area contributed by atoms with Crippen molar-refractivity contribution in [2.75, 3.05) is 25.5 Å². The van der Waals surface area contributed by atoms with Crippen LogP contribution in [0.3, 0.4) is 0 Å². The lowest BCUT2D eigenvalue weighted by Crippen LogP contribution is -2.35. The predicted octanol–water partition coefficient (Wildman–Crippen LogP) is 3.28. The summed E-state index contributed by atoms with van der Waals surface area (Å²) in [6.07, 6.45) is 0.866. The third-order valence-corrected chi connectivity index (χ3v) is 3.79. The number of likely N-dealkylation sites (tertiary alicyclic amines) is 1. The van der Waals surface area contributed by atoms with E-state index in [-0.39, 0.29) is 17.9 Å². The zero-order valence-electron chi connectivity index (χ0n) is 14.8.